The molecule has 0 amide bonds. The zero-order valence-electron chi connectivity index (χ0n) is 6.43. The van der Waals surface area contributed by atoms with Crippen molar-refractivity contribution >= 4 is 0 Å². The van der Waals surface area contributed by atoms with Crippen molar-refractivity contribution in [3.05, 3.63) is 12.2 Å². The molecule has 54 valence electrons. The SMILES string of the molecule is CCC[C@H](C)/C=C\CN. The molecule has 9 heavy (non-hydrogen) atoms. The first-order chi connectivity index (χ1) is 4.31. The highest BCUT2D eigenvalue weighted by atomic mass is 14.5. The van der Waals surface area contributed by atoms with Crippen LogP contribution in [-0.2, 0) is 0 Å². The number of allylic oxidation sites excluding steroid dienone is 1. The molecular formula is C8H17N. The van der Waals surface area contributed by atoms with Crippen LogP contribution in [-0.4, -0.2) is 6.54 Å². The molecule has 1 nitrogen and oxygen atoms in total. The summed E-state index contributed by atoms with van der Waals surface area (Å²) in [5.74, 6) is 0.707. The van der Waals surface area contributed by atoms with E-state index >= 15 is 0 Å². The molecule has 0 spiro atoms. The van der Waals surface area contributed by atoms with Crippen LogP contribution in [0.5, 0.6) is 0 Å². The molecule has 0 bridgehead atoms. The van der Waals surface area contributed by atoms with Gasteiger partial charge in [0.2, 0.25) is 0 Å². The Balaban J connectivity index is 3.25. The number of nitrogens with two attached hydrogens (primary N) is 1. The fraction of sp³-hybridized carbons (Fsp3) is 0.750. The predicted octanol–water partition coefficient (Wildman–Crippen LogP) is 1.94. The van der Waals surface area contributed by atoms with Crippen LogP contribution in [0.25, 0.3) is 0 Å². The van der Waals surface area contributed by atoms with Crippen LogP contribution in [0.2, 0.25) is 0 Å². The van der Waals surface area contributed by atoms with E-state index in [0.717, 1.165) is 0 Å². The molecule has 2 N–H and O–H groups in total. The molecule has 0 radical (unpaired) electrons. The van der Waals surface area contributed by atoms with Crippen LogP contribution in [0.4, 0.5) is 0 Å². The quantitative estimate of drug-likeness (QED) is 0.574. The predicted molar refractivity (Wildman–Crippen MR) is 42.3 cm³/mol. The van der Waals surface area contributed by atoms with Gasteiger partial charge in [-0.3, -0.25) is 0 Å². The zero-order chi connectivity index (χ0) is 7.11. The Labute approximate surface area is 57.9 Å². The van der Waals surface area contributed by atoms with Crippen LogP contribution < -0.4 is 5.73 Å². The maximum Gasteiger partial charge on any atom is 0.0106 e. The van der Waals surface area contributed by atoms with Gasteiger partial charge in [0, 0.05) is 6.54 Å². The van der Waals surface area contributed by atoms with Gasteiger partial charge in [0.1, 0.15) is 0 Å². The van der Waals surface area contributed by atoms with Crippen molar-refractivity contribution in [2.45, 2.75) is 26.7 Å². The van der Waals surface area contributed by atoms with Gasteiger partial charge in [-0.15, -0.1) is 0 Å². The Hall–Kier alpha value is -0.300. The third-order valence-corrected chi connectivity index (χ3v) is 1.34. The van der Waals surface area contributed by atoms with Crippen molar-refractivity contribution in [2.75, 3.05) is 6.54 Å². The molecule has 1 atom stereocenters. The summed E-state index contributed by atoms with van der Waals surface area (Å²) in [7, 11) is 0. The van der Waals surface area contributed by atoms with Gasteiger partial charge >= 0.3 is 0 Å². The van der Waals surface area contributed by atoms with E-state index in [4.69, 9.17) is 5.73 Å². The Morgan fingerprint density at radius 2 is 2.22 bits per heavy atom. The average molecular weight is 127 g/mol. The number of rotatable bonds is 4. The zero-order valence-corrected chi connectivity index (χ0v) is 6.43. The topological polar surface area (TPSA) is 26.0 Å². The minimum Gasteiger partial charge on any atom is -0.327 e. The first-order valence-corrected chi connectivity index (χ1v) is 3.68. The number of hydrogen-bond acceptors (Lipinski definition) is 1. The summed E-state index contributed by atoms with van der Waals surface area (Å²) in [6, 6.07) is 0. The van der Waals surface area contributed by atoms with Crippen molar-refractivity contribution in [3.63, 3.8) is 0 Å². The number of hydrogen-bond donors (Lipinski definition) is 1. The van der Waals surface area contributed by atoms with Crippen LogP contribution in [0.15, 0.2) is 12.2 Å². The molecular weight excluding hydrogens is 110 g/mol. The summed E-state index contributed by atoms with van der Waals surface area (Å²) < 4.78 is 0. The lowest BCUT2D eigenvalue weighted by Gasteiger charge is -2.00. The Bertz CT molecular complexity index is 76.6. The minimum atomic E-state index is 0.675. The van der Waals surface area contributed by atoms with Crippen LogP contribution in [0.1, 0.15) is 26.7 Å². The van der Waals surface area contributed by atoms with E-state index in [2.05, 4.69) is 19.9 Å². The molecule has 0 aliphatic rings. The highest BCUT2D eigenvalue weighted by Crippen LogP contribution is 2.05. The largest absolute Gasteiger partial charge is 0.327 e. The van der Waals surface area contributed by atoms with Gasteiger partial charge in [0.05, 0.1) is 0 Å². The fourth-order valence-corrected chi connectivity index (χ4v) is 0.862. The monoisotopic (exact) mass is 127 g/mol. The third-order valence-electron chi connectivity index (χ3n) is 1.34. The van der Waals surface area contributed by atoms with Gasteiger partial charge in [0.15, 0.2) is 0 Å². The standard InChI is InChI=1S/C8H17N/c1-3-5-8(2)6-4-7-9/h4,6,8H,3,5,7,9H2,1-2H3/b6-4-/t8-/m0/s1. The molecule has 0 aliphatic heterocycles. The lowest BCUT2D eigenvalue weighted by Crippen LogP contribution is -1.95. The van der Waals surface area contributed by atoms with Crippen LogP contribution in [0.3, 0.4) is 0 Å². The summed E-state index contributed by atoms with van der Waals surface area (Å²) in [4.78, 5) is 0. The first-order valence-electron chi connectivity index (χ1n) is 3.68. The summed E-state index contributed by atoms with van der Waals surface area (Å²) >= 11 is 0. The van der Waals surface area contributed by atoms with Crippen LogP contribution in [0, 0.1) is 5.92 Å². The van der Waals surface area contributed by atoms with Crippen molar-refractivity contribution < 1.29 is 0 Å². The van der Waals surface area contributed by atoms with E-state index in [-0.39, 0.29) is 0 Å². The van der Waals surface area contributed by atoms with E-state index in [1.807, 2.05) is 6.08 Å². The Kier molecular flexibility index (Phi) is 5.64. The lowest BCUT2D eigenvalue weighted by atomic mass is 10.1. The van der Waals surface area contributed by atoms with Gasteiger partial charge in [-0.25, -0.2) is 0 Å². The molecule has 0 aromatic carbocycles. The smallest absolute Gasteiger partial charge is 0.0106 e. The maximum atomic E-state index is 5.29. The minimum absolute atomic E-state index is 0.675. The second kappa shape index (κ2) is 5.83. The fourth-order valence-electron chi connectivity index (χ4n) is 0.862. The third kappa shape index (κ3) is 5.57. The van der Waals surface area contributed by atoms with E-state index in [0.29, 0.717) is 12.5 Å². The molecule has 0 aromatic rings. The van der Waals surface area contributed by atoms with E-state index < -0.39 is 0 Å². The lowest BCUT2D eigenvalue weighted by molar-refractivity contribution is 0.633. The van der Waals surface area contributed by atoms with Crippen molar-refractivity contribution in [1.29, 1.82) is 0 Å². The molecule has 0 heterocycles. The Morgan fingerprint density at radius 3 is 2.67 bits per heavy atom. The van der Waals surface area contributed by atoms with E-state index in [1.54, 1.807) is 0 Å². The van der Waals surface area contributed by atoms with Crippen molar-refractivity contribution in [2.24, 2.45) is 11.7 Å². The second-order valence-electron chi connectivity index (χ2n) is 2.43. The second-order valence-corrected chi connectivity index (χ2v) is 2.43. The molecule has 0 aliphatic carbocycles. The molecule has 0 aromatic heterocycles. The molecule has 0 saturated heterocycles. The molecule has 0 unspecified atom stereocenters. The summed E-state index contributed by atoms with van der Waals surface area (Å²) in [6.07, 6.45) is 6.75. The normalized spacial score (nSPS) is 14.6. The molecule has 1 heteroatoms. The Morgan fingerprint density at radius 1 is 1.56 bits per heavy atom. The summed E-state index contributed by atoms with van der Waals surface area (Å²) in [5.41, 5.74) is 5.29. The van der Waals surface area contributed by atoms with Gasteiger partial charge in [-0.05, 0) is 12.3 Å². The van der Waals surface area contributed by atoms with Gasteiger partial charge in [-0.2, -0.15) is 0 Å². The van der Waals surface area contributed by atoms with E-state index in [9.17, 15) is 0 Å². The van der Waals surface area contributed by atoms with Crippen LogP contribution >= 0.6 is 0 Å². The van der Waals surface area contributed by atoms with Gasteiger partial charge in [0.25, 0.3) is 0 Å². The van der Waals surface area contributed by atoms with Crippen molar-refractivity contribution in [3.8, 4) is 0 Å². The highest BCUT2D eigenvalue weighted by Gasteiger charge is 1.91. The molecule has 0 rings (SSSR count). The highest BCUT2D eigenvalue weighted by molar-refractivity contribution is 4.86. The molecule has 0 fully saturated rings. The van der Waals surface area contributed by atoms with E-state index in [1.165, 1.54) is 12.8 Å². The van der Waals surface area contributed by atoms with Gasteiger partial charge in [-0.1, -0.05) is 32.4 Å². The van der Waals surface area contributed by atoms with Gasteiger partial charge < -0.3 is 5.73 Å². The average Bonchev–Trinajstić information content (AvgIpc) is 1.85. The maximum absolute atomic E-state index is 5.29. The summed E-state index contributed by atoms with van der Waals surface area (Å²) in [5, 5.41) is 0. The van der Waals surface area contributed by atoms with Crippen molar-refractivity contribution in [1.82, 2.24) is 0 Å². The molecule has 0 saturated carbocycles. The summed E-state index contributed by atoms with van der Waals surface area (Å²) in [6.45, 7) is 5.09. The first kappa shape index (κ1) is 8.70.